The summed E-state index contributed by atoms with van der Waals surface area (Å²) in [5.41, 5.74) is 0.706. The van der Waals surface area contributed by atoms with E-state index in [1.807, 2.05) is 6.92 Å². The monoisotopic (exact) mass is 326 g/mol. The van der Waals surface area contributed by atoms with E-state index in [9.17, 15) is 4.79 Å². The fourth-order valence-corrected chi connectivity index (χ4v) is 3.59. The molecule has 5 heteroatoms. The molecule has 1 saturated carbocycles. The van der Waals surface area contributed by atoms with Crippen molar-refractivity contribution in [3.63, 3.8) is 0 Å². The van der Waals surface area contributed by atoms with E-state index in [2.05, 4.69) is 10.2 Å². The van der Waals surface area contributed by atoms with E-state index in [-0.39, 0.29) is 17.4 Å². The van der Waals surface area contributed by atoms with Crippen molar-refractivity contribution in [1.82, 2.24) is 10.2 Å². The molecule has 1 saturated heterocycles. The van der Waals surface area contributed by atoms with Gasteiger partial charge in [-0.05, 0) is 51.4 Å². The maximum Gasteiger partial charge on any atom is 0.227 e. The van der Waals surface area contributed by atoms with E-state index >= 15 is 0 Å². The fraction of sp³-hybridized carbons (Fsp3) is 0.562. The first kappa shape index (κ1) is 15.1. The Kier molecular flexibility index (Phi) is 4.17. The molecule has 1 unspecified atom stereocenters. The number of hydrogen-bond acceptors (Lipinski definition) is 2. The highest BCUT2D eigenvalue weighted by atomic mass is 35.5. The molecule has 3 rings (SSSR count). The summed E-state index contributed by atoms with van der Waals surface area (Å²) in [7, 11) is 0. The van der Waals surface area contributed by atoms with Crippen LogP contribution in [0, 0.1) is 0 Å². The molecule has 2 aliphatic rings. The SMILES string of the molecule is CC(C(=O)NC1(CN2CCC2)CC1)c1c(Cl)cccc1Cl. The molecule has 1 amide bonds. The molecule has 114 valence electrons. The number of nitrogens with one attached hydrogen (secondary N) is 1. The van der Waals surface area contributed by atoms with Crippen molar-refractivity contribution in [2.24, 2.45) is 0 Å². The molecule has 1 aromatic rings. The summed E-state index contributed by atoms with van der Waals surface area (Å²) in [5, 5.41) is 4.33. The summed E-state index contributed by atoms with van der Waals surface area (Å²) >= 11 is 12.4. The highest BCUT2D eigenvalue weighted by Gasteiger charge is 2.46. The molecule has 2 fully saturated rings. The Morgan fingerprint density at radius 1 is 1.33 bits per heavy atom. The third-order valence-corrected chi connectivity index (χ3v) is 5.20. The Bertz CT molecular complexity index is 533. The van der Waals surface area contributed by atoms with Crippen LogP contribution in [-0.2, 0) is 4.79 Å². The highest BCUT2D eigenvalue weighted by molar-refractivity contribution is 6.36. The lowest BCUT2D eigenvalue weighted by Crippen LogP contribution is -2.50. The minimum Gasteiger partial charge on any atom is -0.349 e. The van der Waals surface area contributed by atoms with Gasteiger partial charge in [-0.3, -0.25) is 4.79 Å². The van der Waals surface area contributed by atoms with Gasteiger partial charge < -0.3 is 10.2 Å². The third-order valence-electron chi connectivity index (χ3n) is 4.54. The van der Waals surface area contributed by atoms with Crippen LogP contribution in [0.15, 0.2) is 18.2 Å². The van der Waals surface area contributed by atoms with Gasteiger partial charge >= 0.3 is 0 Å². The topological polar surface area (TPSA) is 32.3 Å². The smallest absolute Gasteiger partial charge is 0.227 e. The maximum absolute atomic E-state index is 12.5. The van der Waals surface area contributed by atoms with E-state index in [1.165, 1.54) is 6.42 Å². The number of benzene rings is 1. The van der Waals surface area contributed by atoms with Gasteiger partial charge in [0.05, 0.1) is 11.5 Å². The molecule has 1 aromatic carbocycles. The molecule has 1 aliphatic heterocycles. The molecule has 1 N–H and O–H groups in total. The van der Waals surface area contributed by atoms with Crippen molar-refractivity contribution in [3.05, 3.63) is 33.8 Å². The Labute approximate surface area is 135 Å². The molecular weight excluding hydrogens is 307 g/mol. The van der Waals surface area contributed by atoms with E-state index in [1.54, 1.807) is 18.2 Å². The van der Waals surface area contributed by atoms with Gasteiger partial charge in [0.1, 0.15) is 0 Å². The summed E-state index contributed by atoms with van der Waals surface area (Å²) in [6.45, 7) is 5.15. The van der Waals surface area contributed by atoms with Crippen molar-refractivity contribution in [3.8, 4) is 0 Å². The normalized spacial score (nSPS) is 21.5. The van der Waals surface area contributed by atoms with Crippen LogP contribution >= 0.6 is 23.2 Å². The van der Waals surface area contributed by atoms with Gasteiger partial charge in [0.25, 0.3) is 0 Å². The molecule has 1 heterocycles. The van der Waals surface area contributed by atoms with Gasteiger partial charge in [-0.25, -0.2) is 0 Å². The minimum atomic E-state index is -0.333. The van der Waals surface area contributed by atoms with Crippen LogP contribution in [0.25, 0.3) is 0 Å². The molecule has 0 radical (unpaired) electrons. The average molecular weight is 327 g/mol. The van der Waals surface area contributed by atoms with Gasteiger partial charge in [0, 0.05) is 22.2 Å². The third kappa shape index (κ3) is 3.20. The van der Waals surface area contributed by atoms with Crippen LogP contribution < -0.4 is 5.32 Å². The highest BCUT2D eigenvalue weighted by Crippen LogP contribution is 2.39. The summed E-state index contributed by atoms with van der Waals surface area (Å²) in [6, 6.07) is 5.35. The molecule has 1 aliphatic carbocycles. The van der Waals surface area contributed by atoms with E-state index < -0.39 is 0 Å². The predicted molar refractivity (Wildman–Crippen MR) is 86.0 cm³/mol. The van der Waals surface area contributed by atoms with Crippen LogP contribution in [0.2, 0.25) is 10.0 Å². The van der Waals surface area contributed by atoms with E-state index in [0.717, 1.165) is 38.0 Å². The molecule has 0 bridgehead atoms. The lowest BCUT2D eigenvalue weighted by atomic mass is 9.99. The molecule has 3 nitrogen and oxygen atoms in total. The number of hydrogen-bond donors (Lipinski definition) is 1. The Morgan fingerprint density at radius 2 is 1.95 bits per heavy atom. The standard InChI is InChI=1S/C16H20Cl2N2O/c1-11(14-12(17)4-2-5-13(14)18)15(21)19-16(6-7-16)10-20-8-3-9-20/h2,4-5,11H,3,6-10H2,1H3,(H,19,21). The van der Waals surface area contributed by atoms with Crippen LogP contribution in [0.5, 0.6) is 0 Å². The van der Waals surface area contributed by atoms with Crippen molar-refractivity contribution in [1.29, 1.82) is 0 Å². The first-order chi connectivity index (χ1) is 10.0. The zero-order chi connectivity index (χ0) is 15.0. The van der Waals surface area contributed by atoms with Crippen LogP contribution in [0.3, 0.4) is 0 Å². The van der Waals surface area contributed by atoms with Crippen molar-refractivity contribution in [2.75, 3.05) is 19.6 Å². The Hall–Kier alpha value is -0.770. The Morgan fingerprint density at radius 3 is 2.43 bits per heavy atom. The lowest BCUT2D eigenvalue weighted by molar-refractivity contribution is -0.123. The quantitative estimate of drug-likeness (QED) is 0.898. The fourth-order valence-electron chi connectivity index (χ4n) is 2.87. The Balaban J connectivity index is 1.67. The second kappa shape index (κ2) is 5.79. The summed E-state index contributed by atoms with van der Waals surface area (Å²) in [5.74, 6) is -0.317. The van der Waals surface area contributed by atoms with Crippen LogP contribution in [-0.4, -0.2) is 36.0 Å². The van der Waals surface area contributed by atoms with Gasteiger partial charge in [-0.1, -0.05) is 29.3 Å². The number of nitrogens with zero attached hydrogens (tertiary/aromatic N) is 1. The van der Waals surface area contributed by atoms with Crippen molar-refractivity contribution in [2.45, 2.75) is 37.6 Å². The number of likely N-dealkylation sites (tertiary alicyclic amines) is 1. The van der Waals surface area contributed by atoms with Gasteiger partial charge in [-0.2, -0.15) is 0 Å². The zero-order valence-corrected chi connectivity index (χ0v) is 13.7. The van der Waals surface area contributed by atoms with E-state index in [0.29, 0.717) is 10.0 Å². The summed E-state index contributed by atoms with van der Waals surface area (Å²) < 4.78 is 0. The van der Waals surface area contributed by atoms with Gasteiger partial charge in [0.15, 0.2) is 0 Å². The molecule has 0 aromatic heterocycles. The zero-order valence-electron chi connectivity index (χ0n) is 12.2. The maximum atomic E-state index is 12.5. The number of amides is 1. The van der Waals surface area contributed by atoms with E-state index in [4.69, 9.17) is 23.2 Å². The predicted octanol–water partition coefficient (Wildman–Crippen LogP) is 3.45. The van der Waals surface area contributed by atoms with Gasteiger partial charge in [0.2, 0.25) is 5.91 Å². The largest absolute Gasteiger partial charge is 0.349 e. The second-order valence-electron chi connectivity index (χ2n) is 6.26. The number of carbonyl (C=O) groups excluding carboxylic acids is 1. The summed E-state index contributed by atoms with van der Waals surface area (Å²) in [4.78, 5) is 14.9. The lowest BCUT2D eigenvalue weighted by Gasteiger charge is -2.35. The molecule has 21 heavy (non-hydrogen) atoms. The minimum absolute atomic E-state index is 0.0144. The van der Waals surface area contributed by atoms with Crippen LogP contribution in [0.1, 0.15) is 37.7 Å². The molecular formula is C16H20Cl2N2O. The van der Waals surface area contributed by atoms with Crippen molar-refractivity contribution >= 4 is 29.1 Å². The number of halogens is 2. The second-order valence-corrected chi connectivity index (χ2v) is 7.07. The molecule has 1 atom stereocenters. The number of carbonyl (C=O) groups is 1. The first-order valence-corrected chi connectivity index (χ1v) is 8.25. The van der Waals surface area contributed by atoms with Crippen molar-refractivity contribution < 1.29 is 4.79 Å². The van der Waals surface area contributed by atoms with Gasteiger partial charge in [-0.15, -0.1) is 0 Å². The summed E-state index contributed by atoms with van der Waals surface area (Å²) in [6.07, 6.45) is 3.41. The average Bonchev–Trinajstić information content (AvgIpc) is 3.14. The molecule has 0 spiro atoms. The number of rotatable bonds is 5. The van der Waals surface area contributed by atoms with Crippen LogP contribution in [0.4, 0.5) is 0 Å². The first-order valence-electron chi connectivity index (χ1n) is 7.49.